The van der Waals surface area contributed by atoms with E-state index in [0.717, 1.165) is 49.0 Å². The molecule has 23 heavy (non-hydrogen) atoms. The predicted molar refractivity (Wildman–Crippen MR) is 96.9 cm³/mol. The van der Waals surface area contributed by atoms with Gasteiger partial charge in [-0.2, -0.15) is 4.98 Å². The van der Waals surface area contributed by atoms with Gasteiger partial charge >= 0.3 is 0 Å². The number of aromatic nitrogens is 2. The van der Waals surface area contributed by atoms with E-state index in [1.54, 1.807) is 0 Å². The van der Waals surface area contributed by atoms with Crippen LogP contribution in [-0.2, 0) is 0 Å². The fourth-order valence-electron chi connectivity index (χ4n) is 2.70. The maximum absolute atomic E-state index is 4.84. The van der Waals surface area contributed by atoms with E-state index in [9.17, 15) is 0 Å². The van der Waals surface area contributed by atoms with Crippen molar-refractivity contribution >= 4 is 11.8 Å². The molecule has 122 valence electrons. The second-order valence-corrected chi connectivity index (χ2v) is 6.21. The van der Waals surface area contributed by atoms with Crippen molar-refractivity contribution in [1.82, 2.24) is 9.97 Å². The number of hydrogen-bond donors (Lipinski definition) is 1. The summed E-state index contributed by atoms with van der Waals surface area (Å²) in [6.45, 7) is 6.39. The summed E-state index contributed by atoms with van der Waals surface area (Å²) in [5.41, 5.74) is 2.14. The van der Waals surface area contributed by atoms with Crippen LogP contribution in [0.1, 0.15) is 39.5 Å². The summed E-state index contributed by atoms with van der Waals surface area (Å²) in [6, 6.07) is 13.0. The molecular weight excluding hydrogens is 284 g/mol. The molecule has 3 rings (SSSR count). The van der Waals surface area contributed by atoms with Crippen molar-refractivity contribution in [2.24, 2.45) is 0 Å². The van der Waals surface area contributed by atoms with E-state index in [1.807, 2.05) is 6.07 Å². The van der Waals surface area contributed by atoms with Gasteiger partial charge in [0.25, 0.3) is 0 Å². The van der Waals surface area contributed by atoms with E-state index in [-0.39, 0.29) is 0 Å². The zero-order valence-corrected chi connectivity index (χ0v) is 14.1. The highest BCUT2D eigenvalue weighted by Crippen LogP contribution is 2.28. The molecule has 1 heterocycles. The first-order valence-electron chi connectivity index (χ1n) is 8.76. The Morgan fingerprint density at radius 3 is 2.35 bits per heavy atom. The molecule has 4 nitrogen and oxygen atoms in total. The molecule has 0 amide bonds. The lowest BCUT2D eigenvalue weighted by Gasteiger charge is -2.22. The van der Waals surface area contributed by atoms with E-state index >= 15 is 0 Å². The largest absolute Gasteiger partial charge is 0.367 e. The first-order valence-corrected chi connectivity index (χ1v) is 8.76. The van der Waals surface area contributed by atoms with Crippen LogP contribution >= 0.6 is 0 Å². The maximum atomic E-state index is 4.84. The summed E-state index contributed by atoms with van der Waals surface area (Å²) >= 11 is 0. The van der Waals surface area contributed by atoms with Crippen molar-refractivity contribution in [2.75, 3.05) is 23.3 Å². The molecule has 1 saturated carbocycles. The summed E-state index contributed by atoms with van der Waals surface area (Å²) in [6.07, 6.45) is 4.69. The minimum Gasteiger partial charge on any atom is -0.367 e. The van der Waals surface area contributed by atoms with Gasteiger partial charge in [-0.25, -0.2) is 4.98 Å². The Balaban J connectivity index is 1.96. The third kappa shape index (κ3) is 4.21. The monoisotopic (exact) mass is 310 g/mol. The predicted octanol–water partition coefficient (Wildman–Crippen LogP) is 4.34. The van der Waals surface area contributed by atoms with Crippen LogP contribution in [0.4, 0.5) is 11.8 Å². The standard InChI is InChI=1S/C19H26N4/c1-3-12-23(13-4-2)19-21-17(15-8-6-5-7-9-15)14-18(22-19)20-16-10-11-16/h5-9,14,16H,3-4,10-13H2,1-2H3,(H,20,21,22). The smallest absolute Gasteiger partial charge is 0.227 e. The Kier molecular flexibility index (Phi) is 5.11. The molecule has 1 aromatic carbocycles. The van der Waals surface area contributed by atoms with Gasteiger partial charge in [-0.05, 0) is 25.7 Å². The highest BCUT2D eigenvalue weighted by Gasteiger charge is 2.22. The Bertz CT molecular complexity index is 617. The highest BCUT2D eigenvalue weighted by molar-refractivity contribution is 5.64. The van der Waals surface area contributed by atoms with E-state index in [1.165, 1.54) is 12.8 Å². The van der Waals surface area contributed by atoms with Crippen molar-refractivity contribution in [3.8, 4) is 11.3 Å². The summed E-state index contributed by atoms with van der Waals surface area (Å²) in [4.78, 5) is 11.9. The third-order valence-electron chi connectivity index (χ3n) is 3.98. The summed E-state index contributed by atoms with van der Waals surface area (Å²) in [5, 5.41) is 3.53. The molecule has 1 fully saturated rings. The fourth-order valence-corrected chi connectivity index (χ4v) is 2.70. The molecule has 1 aliphatic carbocycles. The van der Waals surface area contributed by atoms with Crippen molar-refractivity contribution in [1.29, 1.82) is 0 Å². The summed E-state index contributed by atoms with van der Waals surface area (Å²) < 4.78 is 0. The summed E-state index contributed by atoms with van der Waals surface area (Å²) in [7, 11) is 0. The van der Waals surface area contributed by atoms with Gasteiger partial charge in [0, 0.05) is 30.8 Å². The van der Waals surface area contributed by atoms with Gasteiger partial charge in [0.15, 0.2) is 0 Å². The number of nitrogens with one attached hydrogen (secondary N) is 1. The number of rotatable bonds is 8. The van der Waals surface area contributed by atoms with E-state index in [2.05, 4.69) is 54.4 Å². The van der Waals surface area contributed by atoms with Gasteiger partial charge in [0.1, 0.15) is 5.82 Å². The molecule has 1 aliphatic rings. The Hall–Kier alpha value is -2.10. The van der Waals surface area contributed by atoms with Crippen molar-refractivity contribution in [2.45, 2.75) is 45.6 Å². The Morgan fingerprint density at radius 2 is 1.74 bits per heavy atom. The molecule has 1 aromatic heterocycles. The van der Waals surface area contributed by atoms with Crippen LogP contribution in [0, 0.1) is 0 Å². The Labute approximate surface area is 139 Å². The number of benzene rings is 1. The number of hydrogen-bond acceptors (Lipinski definition) is 4. The fraction of sp³-hybridized carbons (Fsp3) is 0.474. The molecule has 1 N–H and O–H groups in total. The highest BCUT2D eigenvalue weighted by atomic mass is 15.3. The molecular formula is C19H26N4. The molecule has 0 radical (unpaired) electrons. The van der Waals surface area contributed by atoms with Crippen LogP contribution < -0.4 is 10.2 Å². The molecule has 0 unspecified atom stereocenters. The summed E-state index contributed by atoms with van der Waals surface area (Å²) in [5.74, 6) is 1.80. The van der Waals surface area contributed by atoms with Crippen molar-refractivity contribution in [3.63, 3.8) is 0 Å². The maximum Gasteiger partial charge on any atom is 0.227 e. The lowest BCUT2D eigenvalue weighted by atomic mass is 10.1. The topological polar surface area (TPSA) is 41.1 Å². The van der Waals surface area contributed by atoms with Crippen LogP contribution in [-0.4, -0.2) is 29.1 Å². The zero-order chi connectivity index (χ0) is 16.1. The average Bonchev–Trinajstić information content (AvgIpc) is 3.39. The van der Waals surface area contributed by atoms with Crippen LogP contribution in [0.25, 0.3) is 11.3 Å². The SMILES string of the molecule is CCCN(CCC)c1nc(NC2CC2)cc(-c2ccccc2)n1. The third-order valence-corrected chi connectivity index (χ3v) is 3.98. The normalized spacial score (nSPS) is 13.8. The van der Waals surface area contributed by atoms with E-state index < -0.39 is 0 Å². The van der Waals surface area contributed by atoms with Crippen LogP contribution in [0.15, 0.2) is 36.4 Å². The average molecular weight is 310 g/mol. The number of anilines is 2. The molecule has 0 bridgehead atoms. The zero-order valence-electron chi connectivity index (χ0n) is 14.1. The second kappa shape index (κ2) is 7.44. The lowest BCUT2D eigenvalue weighted by Crippen LogP contribution is -2.27. The quantitative estimate of drug-likeness (QED) is 0.787. The first kappa shape index (κ1) is 15.8. The van der Waals surface area contributed by atoms with Crippen LogP contribution in [0.2, 0.25) is 0 Å². The van der Waals surface area contributed by atoms with Gasteiger partial charge in [-0.1, -0.05) is 44.2 Å². The molecule has 2 aromatic rings. The minimum atomic E-state index is 0.590. The van der Waals surface area contributed by atoms with Crippen LogP contribution in [0.5, 0.6) is 0 Å². The Morgan fingerprint density at radius 1 is 1.04 bits per heavy atom. The van der Waals surface area contributed by atoms with Gasteiger partial charge in [-0.3, -0.25) is 0 Å². The van der Waals surface area contributed by atoms with Crippen molar-refractivity contribution < 1.29 is 0 Å². The van der Waals surface area contributed by atoms with Gasteiger partial charge in [0.2, 0.25) is 5.95 Å². The molecule has 0 aliphatic heterocycles. The molecule has 0 spiro atoms. The van der Waals surface area contributed by atoms with E-state index in [4.69, 9.17) is 9.97 Å². The van der Waals surface area contributed by atoms with Gasteiger partial charge < -0.3 is 10.2 Å². The van der Waals surface area contributed by atoms with Gasteiger partial charge in [0.05, 0.1) is 5.69 Å². The van der Waals surface area contributed by atoms with E-state index in [0.29, 0.717) is 6.04 Å². The van der Waals surface area contributed by atoms with Crippen molar-refractivity contribution in [3.05, 3.63) is 36.4 Å². The molecule has 0 atom stereocenters. The first-order chi connectivity index (χ1) is 11.3. The second-order valence-electron chi connectivity index (χ2n) is 6.21. The molecule has 0 saturated heterocycles. The van der Waals surface area contributed by atoms with Crippen LogP contribution in [0.3, 0.4) is 0 Å². The number of nitrogens with zero attached hydrogens (tertiary/aromatic N) is 3. The molecule has 4 heteroatoms. The lowest BCUT2D eigenvalue weighted by molar-refractivity contribution is 0.722. The van der Waals surface area contributed by atoms with Gasteiger partial charge in [-0.15, -0.1) is 0 Å². The minimum absolute atomic E-state index is 0.590.